The van der Waals surface area contributed by atoms with E-state index in [9.17, 15) is 18.3 Å². The van der Waals surface area contributed by atoms with Gasteiger partial charge in [0.2, 0.25) is 10.0 Å². The Labute approximate surface area is 166 Å². The van der Waals surface area contributed by atoms with Gasteiger partial charge in [-0.15, -0.1) is 0 Å². The second-order valence-electron chi connectivity index (χ2n) is 10.0. The lowest BCUT2D eigenvalue weighted by molar-refractivity contribution is -0.234. The molecule has 4 aliphatic rings. The third kappa shape index (κ3) is 3.48. The monoisotopic (exact) mass is 407 g/mol. The molecule has 1 aromatic carbocycles. The molecule has 0 radical (unpaired) electrons. The van der Waals surface area contributed by atoms with E-state index in [1.807, 2.05) is 0 Å². The van der Waals surface area contributed by atoms with Gasteiger partial charge in [-0.25, -0.2) is 13.1 Å². The minimum absolute atomic E-state index is 0.0154. The molecule has 0 heterocycles. The Morgan fingerprint density at radius 3 is 2.21 bits per heavy atom. The lowest BCUT2D eigenvalue weighted by Gasteiger charge is -2.66. The molecule has 4 aliphatic carbocycles. The smallest absolute Gasteiger partial charge is 0.312 e. The Bertz CT molecular complexity index is 828. The first kappa shape index (κ1) is 19.9. The van der Waals surface area contributed by atoms with Crippen molar-refractivity contribution >= 4 is 16.0 Å². The van der Waals surface area contributed by atoms with Crippen LogP contribution in [0.2, 0.25) is 0 Å². The predicted molar refractivity (Wildman–Crippen MR) is 104 cm³/mol. The first-order valence-electron chi connectivity index (χ1n) is 9.92. The van der Waals surface area contributed by atoms with Crippen LogP contribution in [0.4, 0.5) is 0 Å². The fourth-order valence-electron chi connectivity index (χ4n) is 7.01. The highest BCUT2D eigenvalue weighted by molar-refractivity contribution is 7.89. The van der Waals surface area contributed by atoms with Crippen molar-refractivity contribution in [1.29, 1.82) is 0 Å². The molecule has 154 valence electrons. The second-order valence-corrected chi connectivity index (χ2v) is 11.8. The summed E-state index contributed by atoms with van der Waals surface area (Å²) in [6, 6.07) is 8.11. The Morgan fingerprint density at radius 2 is 1.64 bits per heavy atom. The van der Waals surface area contributed by atoms with Gasteiger partial charge in [0.05, 0.1) is 15.9 Å². The molecule has 4 fully saturated rings. The fraction of sp³-hybridized carbons (Fsp3) is 0.667. The number of carbonyl (C=O) groups excluding carboxylic acids is 1. The van der Waals surface area contributed by atoms with Crippen molar-refractivity contribution in [3.63, 3.8) is 0 Å². The van der Waals surface area contributed by atoms with Crippen LogP contribution in [0.1, 0.15) is 52.4 Å². The zero-order valence-electron chi connectivity index (χ0n) is 16.5. The van der Waals surface area contributed by atoms with E-state index in [0.717, 1.165) is 32.1 Å². The van der Waals surface area contributed by atoms with Gasteiger partial charge in [-0.05, 0) is 61.5 Å². The van der Waals surface area contributed by atoms with E-state index in [0.29, 0.717) is 6.42 Å². The van der Waals surface area contributed by atoms with Crippen LogP contribution in [0, 0.1) is 16.2 Å². The van der Waals surface area contributed by atoms with Gasteiger partial charge in [-0.1, -0.05) is 32.0 Å². The summed E-state index contributed by atoms with van der Waals surface area (Å²) in [5.74, 6) is -0.290. The van der Waals surface area contributed by atoms with Crippen molar-refractivity contribution in [3.8, 4) is 0 Å². The quantitative estimate of drug-likeness (QED) is 0.559. The highest BCUT2D eigenvalue weighted by Crippen LogP contribution is 2.70. The number of carbonyl (C=O) groups is 1. The summed E-state index contributed by atoms with van der Waals surface area (Å²) in [5, 5.41) is 11.1. The van der Waals surface area contributed by atoms with E-state index in [4.69, 9.17) is 4.74 Å². The number of aliphatic hydroxyl groups is 1. The first-order valence-corrected chi connectivity index (χ1v) is 11.4. The van der Waals surface area contributed by atoms with Crippen molar-refractivity contribution in [2.75, 3.05) is 13.2 Å². The number of esters is 1. The van der Waals surface area contributed by atoms with Gasteiger partial charge in [0, 0.05) is 6.54 Å². The summed E-state index contributed by atoms with van der Waals surface area (Å²) in [7, 11) is -3.61. The van der Waals surface area contributed by atoms with E-state index in [-0.39, 0.29) is 34.8 Å². The molecule has 2 unspecified atom stereocenters. The van der Waals surface area contributed by atoms with Gasteiger partial charge < -0.3 is 9.84 Å². The minimum atomic E-state index is -3.61. The van der Waals surface area contributed by atoms with Gasteiger partial charge in [-0.3, -0.25) is 4.79 Å². The third-order valence-electron chi connectivity index (χ3n) is 6.68. The van der Waals surface area contributed by atoms with Crippen LogP contribution in [0.5, 0.6) is 0 Å². The summed E-state index contributed by atoms with van der Waals surface area (Å²) in [4.78, 5) is 13.2. The average Bonchev–Trinajstić information content (AvgIpc) is 2.55. The maximum absolute atomic E-state index is 13.0. The van der Waals surface area contributed by atoms with E-state index in [2.05, 4.69) is 18.6 Å². The molecule has 0 amide bonds. The maximum atomic E-state index is 13.0. The number of hydrogen-bond acceptors (Lipinski definition) is 5. The summed E-state index contributed by atoms with van der Waals surface area (Å²) in [5.41, 5.74) is -1.50. The van der Waals surface area contributed by atoms with Crippen LogP contribution >= 0.6 is 0 Å². The van der Waals surface area contributed by atoms with E-state index in [1.54, 1.807) is 18.2 Å². The van der Waals surface area contributed by atoms with Crippen LogP contribution in [0.25, 0.3) is 0 Å². The molecular weight excluding hydrogens is 378 g/mol. The zero-order chi connectivity index (χ0) is 20.3. The molecule has 4 saturated carbocycles. The summed E-state index contributed by atoms with van der Waals surface area (Å²) in [6.45, 7) is 4.35. The number of sulfonamides is 1. The highest BCUT2D eigenvalue weighted by Gasteiger charge is 2.68. The summed E-state index contributed by atoms with van der Waals surface area (Å²) < 4.78 is 32.5. The molecule has 2 atom stereocenters. The Kier molecular flexibility index (Phi) is 4.45. The number of rotatable bonds is 6. The summed E-state index contributed by atoms with van der Waals surface area (Å²) in [6.07, 6.45) is 4.48. The van der Waals surface area contributed by atoms with E-state index in [1.165, 1.54) is 12.1 Å². The van der Waals surface area contributed by atoms with Crippen LogP contribution in [-0.4, -0.2) is 38.2 Å². The molecule has 7 heteroatoms. The topological polar surface area (TPSA) is 92.7 Å². The zero-order valence-corrected chi connectivity index (χ0v) is 17.3. The molecule has 4 bridgehead atoms. The maximum Gasteiger partial charge on any atom is 0.312 e. The lowest BCUT2D eigenvalue weighted by Crippen LogP contribution is -2.64. The number of nitrogens with one attached hydrogen (secondary N) is 1. The largest absolute Gasteiger partial charge is 0.464 e. The van der Waals surface area contributed by atoms with Crippen LogP contribution in [-0.2, 0) is 19.6 Å². The van der Waals surface area contributed by atoms with Gasteiger partial charge in [0.15, 0.2) is 0 Å². The number of hydrogen-bond donors (Lipinski definition) is 2. The van der Waals surface area contributed by atoms with Gasteiger partial charge in [0.25, 0.3) is 0 Å². The Morgan fingerprint density at radius 1 is 1.04 bits per heavy atom. The van der Waals surface area contributed by atoms with Crippen molar-refractivity contribution in [3.05, 3.63) is 30.3 Å². The molecule has 28 heavy (non-hydrogen) atoms. The number of ether oxygens (including phenoxy) is 1. The normalized spacial score (nSPS) is 39.1. The SMILES string of the molecule is CC12CC3(C)CC(O)(C1)CC(C(=O)OCCNS(=O)(=O)c1ccccc1)(C2)C3. The molecular formula is C21H29NO5S. The number of benzene rings is 1. The minimum Gasteiger partial charge on any atom is -0.464 e. The fourth-order valence-corrected chi connectivity index (χ4v) is 8.04. The Balaban J connectivity index is 1.38. The molecule has 1 aromatic rings. The van der Waals surface area contributed by atoms with Crippen LogP contribution < -0.4 is 4.72 Å². The predicted octanol–water partition coefficient (Wildman–Crippen LogP) is 2.62. The molecule has 0 aromatic heterocycles. The average molecular weight is 408 g/mol. The van der Waals surface area contributed by atoms with Gasteiger partial charge in [0.1, 0.15) is 6.61 Å². The lowest BCUT2D eigenvalue weighted by atomic mass is 9.39. The van der Waals surface area contributed by atoms with Crippen LogP contribution in [0.15, 0.2) is 35.2 Å². The van der Waals surface area contributed by atoms with E-state index >= 15 is 0 Å². The summed E-state index contributed by atoms with van der Waals surface area (Å²) >= 11 is 0. The van der Waals surface area contributed by atoms with Gasteiger partial charge in [-0.2, -0.15) is 0 Å². The van der Waals surface area contributed by atoms with Crippen molar-refractivity contribution in [2.24, 2.45) is 16.2 Å². The molecule has 2 N–H and O–H groups in total. The van der Waals surface area contributed by atoms with Gasteiger partial charge >= 0.3 is 5.97 Å². The second kappa shape index (κ2) is 6.28. The van der Waals surface area contributed by atoms with Crippen molar-refractivity contribution in [1.82, 2.24) is 4.72 Å². The Hall–Kier alpha value is -1.44. The van der Waals surface area contributed by atoms with Crippen molar-refractivity contribution in [2.45, 2.75) is 62.9 Å². The molecule has 0 spiro atoms. The highest BCUT2D eigenvalue weighted by atomic mass is 32.2. The van der Waals surface area contributed by atoms with E-state index < -0.39 is 21.0 Å². The molecule has 0 saturated heterocycles. The standard InChI is InChI=1S/C21H29NO5S/c1-18-10-19(2)12-20(11-18,15-21(24,13-18)14-19)17(23)27-9-8-22-28(25,26)16-6-4-3-5-7-16/h3-7,22,24H,8-15H2,1-2H3. The molecule has 5 rings (SSSR count). The molecule has 6 nitrogen and oxygen atoms in total. The first-order chi connectivity index (χ1) is 13.0. The third-order valence-corrected chi connectivity index (χ3v) is 8.15. The van der Waals surface area contributed by atoms with Crippen LogP contribution in [0.3, 0.4) is 0 Å². The molecule has 0 aliphatic heterocycles. The van der Waals surface area contributed by atoms with Crippen molar-refractivity contribution < 1.29 is 23.1 Å².